The van der Waals surface area contributed by atoms with Crippen LogP contribution in [0, 0.1) is 5.92 Å². The third kappa shape index (κ3) is 6.10. The molecule has 1 atom stereocenters. The molecule has 0 spiro atoms. The molecule has 1 fully saturated rings. The lowest BCUT2D eigenvalue weighted by atomic mass is 9.96. The van der Waals surface area contributed by atoms with Gasteiger partial charge >= 0.3 is 6.18 Å². The minimum absolute atomic E-state index is 0.0281. The van der Waals surface area contributed by atoms with Crippen LogP contribution in [0.5, 0.6) is 0 Å². The average Bonchev–Trinajstić information content (AvgIpc) is 2.33. The fourth-order valence-corrected chi connectivity index (χ4v) is 2.52. The predicted molar refractivity (Wildman–Crippen MR) is 69.0 cm³/mol. The number of likely N-dealkylation sites (tertiary alicyclic amines) is 1. The Balaban J connectivity index is 2.25. The summed E-state index contributed by atoms with van der Waals surface area (Å²) in [5.74, 6) is -1.13. The third-order valence-corrected chi connectivity index (χ3v) is 3.63. The molecule has 114 valence electrons. The van der Waals surface area contributed by atoms with Crippen LogP contribution in [0.25, 0.3) is 0 Å². The number of aliphatic hydroxyl groups excluding tert-OH is 1. The smallest absolute Gasteiger partial charge is 0.391 e. The number of alkyl halides is 3. The van der Waals surface area contributed by atoms with Crippen LogP contribution >= 0.6 is 0 Å². The zero-order valence-electron chi connectivity index (χ0n) is 11.7. The lowest BCUT2D eigenvalue weighted by Crippen LogP contribution is -2.43. The van der Waals surface area contributed by atoms with Crippen LogP contribution < -0.4 is 5.32 Å². The molecule has 1 aliphatic rings. The van der Waals surface area contributed by atoms with Crippen molar-refractivity contribution in [3.05, 3.63) is 0 Å². The number of halogens is 3. The van der Waals surface area contributed by atoms with E-state index >= 15 is 0 Å². The average molecular weight is 282 g/mol. The summed E-state index contributed by atoms with van der Waals surface area (Å²) in [7, 11) is 0. The largest absolute Gasteiger partial charge is 0.395 e. The number of aliphatic hydroxyl groups is 1. The van der Waals surface area contributed by atoms with Crippen molar-refractivity contribution in [1.29, 1.82) is 0 Å². The minimum atomic E-state index is -4.04. The highest BCUT2D eigenvalue weighted by Crippen LogP contribution is 2.34. The monoisotopic (exact) mass is 282 g/mol. The van der Waals surface area contributed by atoms with Gasteiger partial charge in [-0.05, 0) is 38.9 Å². The van der Waals surface area contributed by atoms with Crippen molar-refractivity contribution >= 4 is 0 Å². The third-order valence-electron chi connectivity index (χ3n) is 3.63. The van der Waals surface area contributed by atoms with Crippen LogP contribution in [-0.2, 0) is 0 Å². The van der Waals surface area contributed by atoms with E-state index in [9.17, 15) is 18.3 Å². The summed E-state index contributed by atoms with van der Waals surface area (Å²) >= 11 is 0. The van der Waals surface area contributed by atoms with Crippen LogP contribution in [-0.4, -0.2) is 54.5 Å². The first-order valence-corrected chi connectivity index (χ1v) is 6.99. The zero-order valence-corrected chi connectivity index (χ0v) is 11.7. The van der Waals surface area contributed by atoms with Crippen molar-refractivity contribution in [3.63, 3.8) is 0 Å². The topological polar surface area (TPSA) is 35.5 Å². The summed E-state index contributed by atoms with van der Waals surface area (Å²) in [6, 6.07) is 0.327. The molecule has 0 bridgehead atoms. The highest BCUT2D eigenvalue weighted by molar-refractivity contribution is 4.78. The van der Waals surface area contributed by atoms with Crippen LogP contribution in [0.4, 0.5) is 13.2 Å². The van der Waals surface area contributed by atoms with Gasteiger partial charge < -0.3 is 15.3 Å². The summed E-state index contributed by atoms with van der Waals surface area (Å²) in [5, 5.41) is 12.5. The Morgan fingerprint density at radius 2 is 1.84 bits per heavy atom. The van der Waals surface area contributed by atoms with Gasteiger partial charge in [0.05, 0.1) is 12.5 Å². The van der Waals surface area contributed by atoms with Crippen molar-refractivity contribution < 1.29 is 18.3 Å². The Morgan fingerprint density at radius 1 is 1.26 bits per heavy atom. The first-order chi connectivity index (χ1) is 8.82. The molecule has 1 saturated heterocycles. The molecule has 1 unspecified atom stereocenters. The van der Waals surface area contributed by atoms with E-state index in [4.69, 9.17) is 0 Å². The van der Waals surface area contributed by atoms with Gasteiger partial charge in [-0.2, -0.15) is 13.2 Å². The summed E-state index contributed by atoms with van der Waals surface area (Å²) in [6.07, 6.45) is -2.87. The van der Waals surface area contributed by atoms with Crippen molar-refractivity contribution in [2.24, 2.45) is 5.92 Å². The van der Waals surface area contributed by atoms with Gasteiger partial charge in [0, 0.05) is 12.1 Å². The van der Waals surface area contributed by atoms with E-state index in [1.54, 1.807) is 0 Å². The van der Waals surface area contributed by atoms with E-state index < -0.39 is 12.1 Å². The molecular formula is C13H25F3N2O. The second kappa shape index (κ2) is 7.45. The molecule has 0 radical (unpaired) electrons. The lowest BCUT2D eigenvalue weighted by Gasteiger charge is -2.33. The minimum Gasteiger partial charge on any atom is -0.395 e. The normalized spacial score (nSPS) is 21.0. The summed E-state index contributed by atoms with van der Waals surface area (Å²) in [5.41, 5.74) is 0. The zero-order chi connectivity index (χ0) is 14.5. The number of hydrogen-bond donors (Lipinski definition) is 2. The molecule has 19 heavy (non-hydrogen) atoms. The van der Waals surface area contributed by atoms with Gasteiger partial charge in [-0.25, -0.2) is 0 Å². The molecule has 6 heteroatoms. The fourth-order valence-electron chi connectivity index (χ4n) is 2.52. The van der Waals surface area contributed by atoms with Gasteiger partial charge in [-0.15, -0.1) is 0 Å². The summed E-state index contributed by atoms with van der Waals surface area (Å²) in [4.78, 5) is 2.06. The molecule has 2 N–H and O–H groups in total. The molecule has 0 saturated carbocycles. The van der Waals surface area contributed by atoms with Gasteiger partial charge in [0.1, 0.15) is 0 Å². The standard InChI is InChI=1S/C13H25F3N2O/c1-10(2)17-12(9-19)5-8-18-6-3-11(4-7-18)13(14,15)16/h10-12,17,19H,3-9H2,1-2H3. The first-order valence-electron chi connectivity index (χ1n) is 6.99. The van der Waals surface area contributed by atoms with Crippen LogP contribution in [0.1, 0.15) is 33.1 Å². The Hall–Kier alpha value is -0.330. The van der Waals surface area contributed by atoms with Gasteiger partial charge in [0.25, 0.3) is 0 Å². The first kappa shape index (κ1) is 16.7. The molecule has 1 rings (SSSR count). The van der Waals surface area contributed by atoms with E-state index in [-0.39, 0.29) is 25.5 Å². The molecule has 0 aromatic rings. The molecule has 0 aromatic carbocycles. The summed E-state index contributed by atoms with van der Waals surface area (Å²) in [6.45, 7) is 5.84. The van der Waals surface area contributed by atoms with Gasteiger partial charge in [-0.1, -0.05) is 13.8 Å². The lowest BCUT2D eigenvalue weighted by molar-refractivity contribution is -0.185. The Kier molecular flexibility index (Phi) is 6.56. The Labute approximate surface area is 113 Å². The van der Waals surface area contributed by atoms with E-state index in [0.29, 0.717) is 19.1 Å². The SMILES string of the molecule is CC(C)NC(CO)CCN1CCC(C(F)(F)F)CC1. The van der Waals surface area contributed by atoms with Crippen LogP contribution in [0.15, 0.2) is 0 Å². The molecule has 3 nitrogen and oxygen atoms in total. The van der Waals surface area contributed by atoms with Crippen molar-refractivity contribution in [2.75, 3.05) is 26.2 Å². The van der Waals surface area contributed by atoms with E-state index in [1.165, 1.54) is 0 Å². The number of rotatable bonds is 6. The van der Waals surface area contributed by atoms with E-state index in [0.717, 1.165) is 13.0 Å². The van der Waals surface area contributed by atoms with E-state index in [2.05, 4.69) is 10.2 Å². The number of nitrogens with one attached hydrogen (secondary N) is 1. The molecule has 0 aromatic heterocycles. The highest BCUT2D eigenvalue weighted by atomic mass is 19.4. The fraction of sp³-hybridized carbons (Fsp3) is 1.00. The second-order valence-corrected chi connectivity index (χ2v) is 5.65. The number of hydrogen-bond acceptors (Lipinski definition) is 3. The van der Waals surface area contributed by atoms with Crippen LogP contribution in [0.3, 0.4) is 0 Å². The molecular weight excluding hydrogens is 257 g/mol. The number of piperidine rings is 1. The van der Waals surface area contributed by atoms with Gasteiger partial charge in [0.15, 0.2) is 0 Å². The highest BCUT2D eigenvalue weighted by Gasteiger charge is 2.40. The maximum Gasteiger partial charge on any atom is 0.391 e. The quantitative estimate of drug-likeness (QED) is 0.782. The molecule has 1 aliphatic heterocycles. The summed E-state index contributed by atoms with van der Waals surface area (Å²) < 4.78 is 37.6. The maximum absolute atomic E-state index is 12.5. The van der Waals surface area contributed by atoms with E-state index in [1.807, 2.05) is 13.8 Å². The Bertz CT molecular complexity index is 251. The second-order valence-electron chi connectivity index (χ2n) is 5.65. The van der Waals surface area contributed by atoms with Crippen molar-refractivity contribution in [3.8, 4) is 0 Å². The van der Waals surface area contributed by atoms with Gasteiger partial charge in [-0.3, -0.25) is 0 Å². The Morgan fingerprint density at radius 3 is 2.26 bits per heavy atom. The number of nitrogens with zero attached hydrogens (tertiary/aromatic N) is 1. The molecule has 1 heterocycles. The predicted octanol–water partition coefficient (Wildman–Crippen LogP) is 2.01. The van der Waals surface area contributed by atoms with Crippen LogP contribution in [0.2, 0.25) is 0 Å². The van der Waals surface area contributed by atoms with Crippen molar-refractivity contribution in [2.45, 2.75) is 51.4 Å². The van der Waals surface area contributed by atoms with Gasteiger partial charge in [0.2, 0.25) is 0 Å². The maximum atomic E-state index is 12.5. The molecule has 0 amide bonds. The molecule has 0 aliphatic carbocycles. The van der Waals surface area contributed by atoms with Crippen molar-refractivity contribution in [1.82, 2.24) is 10.2 Å².